The fourth-order valence-corrected chi connectivity index (χ4v) is 23.6. The Morgan fingerprint density at radius 1 is 0.682 bits per heavy atom. The molecular weight excluding hydrogens is 621 g/mol. The van der Waals surface area contributed by atoms with Crippen molar-refractivity contribution in [3.8, 4) is 0 Å². The molecule has 2 aromatic rings. The van der Waals surface area contributed by atoms with Crippen LogP contribution in [0.2, 0.25) is 65.0 Å². The maximum Gasteiger partial charge on any atom is 0.345 e. The molecular formula is C33H52O7Si4. The van der Waals surface area contributed by atoms with Gasteiger partial charge < -0.3 is 21.8 Å². The van der Waals surface area contributed by atoms with Gasteiger partial charge in [0.05, 0.1) is 13.2 Å². The van der Waals surface area contributed by atoms with Crippen LogP contribution < -0.4 is 0 Å². The predicted molar refractivity (Wildman–Crippen MR) is 189 cm³/mol. The molecule has 0 aromatic heterocycles. The summed E-state index contributed by atoms with van der Waals surface area (Å²) in [6, 6.07) is 20.3. The van der Waals surface area contributed by atoms with E-state index in [0.717, 1.165) is 16.7 Å². The highest BCUT2D eigenvalue weighted by molar-refractivity contribution is 6.89. The van der Waals surface area contributed by atoms with Crippen molar-refractivity contribution in [3.05, 3.63) is 89.5 Å². The number of rotatable bonds is 16. The van der Waals surface area contributed by atoms with Crippen LogP contribution in [0, 0.1) is 5.92 Å². The van der Waals surface area contributed by atoms with E-state index >= 15 is 0 Å². The predicted octanol–water partition coefficient (Wildman–Crippen LogP) is 8.28. The second-order valence-corrected chi connectivity index (χ2v) is 30.0. The second kappa shape index (κ2) is 16.3. The summed E-state index contributed by atoms with van der Waals surface area (Å²) in [7, 11) is -8.95. The fourth-order valence-electron chi connectivity index (χ4n) is 5.21. The molecule has 2 atom stereocenters. The molecule has 0 aliphatic carbocycles. The standard InChI is InChI=1S/C33H52O7Si4/c1-12-36-32(34)31(24-23-30(28-19-15-13-16-20-28)29-21-17-14-18-22-29)33(35)37-25-27(2)26-44(11,39-42(6,7)8)40-43(9,10)38-41(3,4)5/h13-24,27H,12,25-26H2,1-11H3/b31-24-. The quantitative estimate of drug-likeness (QED) is 0.0443. The molecule has 0 bridgehead atoms. The van der Waals surface area contributed by atoms with Crippen molar-refractivity contribution in [2.75, 3.05) is 13.2 Å². The summed E-state index contributed by atoms with van der Waals surface area (Å²) in [6.45, 7) is 23.2. The van der Waals surface area contributed by atoms with Gasteiger partial charge in [-0.15, -0.1) is 0 Å². The van der Waals surface area contributed by atoms with Gasteiger partial charge in [-0.25, -0.2) is 9.59 Å². The Morgan fingerprint density at radius 2 is 1.16 bits per heavy atom. The lowest BCUT2D eigenvalue weighted by Crippen LogP contribution is -2.57. The molecule has 2 unspecified atom stereocenters. The maximum absolute atomic E-state index is 13.4. The number of benzene rings is 2. The summed E-state index contributed by atoms with van der Waals surface area (Å²) >= 11 is 0. The minimum atomic E-state index is -2.71. The van der Waals surface area contributed by atoms with E-state index < -0.39 is 45.7 Å². The Kier molecular flexibility index (Phi) is 14.0. The van der Waals surface area contributed by atoms with Crippen LogP contribution >= 0.6 is 0 Å². The van der Waals surface area contributed by atoms with E-state index in [9.17, 15) is 9.59 Å². The first kappa shape index (κ1) is 37.8. The minimum absolute atomic E-state index is 0.0631. The van der Waals surface area contributed by atoms with Crippen LogP contribution in [0.1, 0.15) is 25.0 Å². The average molecular weight is 673 g/mol. The minimum Gasteiger partial charge on any atom is -0.462 e. The molecule has 0 saturated heterocycles. The molecule has 2 rings (SSSR count). The number of hydrogen-bond donors (Lipinski definition) is 0. The van der Waals surface area contributed by atoms with E-state index in [4.69, 9.17) is 21.8 Å². The van der Waals surface area contributed by atoms with Crippen LogP contribution in [-0.4, -0.2) is 58.9 Å². The van der Waals surface area contributed by atoms with Crippen LogP contribution in [0.25, 0.3) is 5.57 Å². The van der Waals surface area contributed by atoms with Gasteiger partial charge in [-0.2, -0.15) is 0 Å². The topological polar surface area (TPSA) is 80.3 Å². The smallest absolute Gasteiger partial charge is 0.345 e. The van der Waals surface area contributed by atoms with Crippen molar-refractivity contribution in [2.45, 2.75) is 78.8 Å². The molecule has 0 heterocycles. The first-order valence-electron chi connectivity index (χ1n) is 15.3. The molecule has 0 saturated carbocycles. The van der Waals surface area contributed by atoms with Crippen molar-refractivity contribution >= 4 is 51.3 Å². The number of carbonyl (C=O) groups excluding carboxylic acids is 2. The molecule has 7 nitrogen and oxygen atoms in total. The van der Waals surface area contributed by atoms with Gasteiger partial charge in [0.1, 0.15) is 5.57 Å². The zero-order valence-corrected chi connectivity index (χ0v) is 32.5. The van der Waals surface area contributed by atoms with E-state index in [0.29, 0.717) is 6.04 Å². The molecule has 0 aliphatic heterocycles. The van der Waals surface area contributed by atoms with Crippen LogP contribution in [0.5, 0.6) is 0 Å². The SMILES string of the molecule is CCOC(=O)/C(=C/C=C(c1ccccc1)c1ccccc1)C(=O)OCC(C)C[Si](C)(O[Si](C)(C)C)O[Si](C)(C)O[Si](C)(C)C. The van der Waals surface area contributed by atoms with Crippen molar-refractivity contribution in [1.29, 1.82) is 0 Å². The van der Waals surface area contributed by atoms with Crippen molar-refractivity contribution < 1.29 is 31.4 Å². The fraction of sp³-hybridized carbons (Fsp3) is 0.455. The summed E-state index contributed by atoms with van der Waals surface area (Å²) in [5.74, 6) is -1.51. The lowest BCUT2D eigenvalue weighted by molar-refractivity contribution is -0.147. The maximum atomic E-state index is 13.4. The highest BCUT2D eigenvalue weighted by atomic mass is 28.5. The molecule has 0 spiro atoms. The van der Waals surface area contributed by atoms with Gasteiger partial charge >= 0.3 is 29.1 Å². The number of esters is 2. The first-order valence-corrected chi connectivity index (χ1v) is 27.5. The van der Waals surface area contributed by atoms with Gasteiger partial charge in [0, 0.05) is 0 Å². The number of ether oxygens (including phenoxy) is 2. The van der Waals surface area contributed by atoms with Crippen LogP contribution in [0.3, 0.4) is 0 Å². The van der Waals surface area contributed by atoms with Gasteiger partial charge in [-0.3, -0.25) is 0 Å². The lowest BCUT2D eigenvalue weighted by Gasteiger charge is -2.42. The molecule has 0 N–H and O–H groups in total. The van der Waals surface area contributed by atoms with Crippen LogP contribution in [0.4, 0.5) is 0 Å². The van der Waals surface area contributed by atoms with Crippen LogP contribution in [0.15, 0.2) is 78.4 Å². The largest absolute Gasteiger partial charge is 0.462 e. The van der Waals surface area contributed by atoms with Gasteiger partial charge in [-0.05, 0) is 101 Å². The average Bonchev–Trinajstić information content (AvgIpc) is 2.87. The third-order valence-electron chi connectivity index (χ3n) is 6.06. The highest BCUT2D eigenvalue weighted by Crippen LogP contribution is 2.30. The molecule has 0 fully saturated rings. The monoisotopic (exact) mass is 672 g/mol. The summed E-state index contributed by atoms with van der Waals surface area (Å²) in [4.78, 5) is 26.3. The van der Waals surface area contributed by atoms with E-state index in [1.807, 2.05) is 67.6 Å². The molecule has 11 heteroatoms. The molecule has 0 aliphatic rings. The Hall–Kier alpha value is -2.39. The zero-order valence-electron chi connectivity index (χ0n) is 28.5. The number of carbonyl (C=O) groups is 2. The lowest BCUT2D eigenvalue weighted by atomic mass is 9.97. The van der Waals surface area contributed by atoms with E-state index in [2.05, 4.69) is 58.9 Å². The summed E-state index contributed by atoms with van der Waals surface area (Å²) in [6.07, 6.45) is 3.27. The van der Waals surface area contributed by atoms with Gasteiger partial charge in [-0.1, -0.05) is 73.7 Å². The molecule has 242 valence electrons. The highest BCUT2D eigenvalue weighted by Gasteiger charge is 2.45. The Morgan fingerprint density at radius 3 is 1.61 bits per heavy atom. The summed E-state index contributed by atoms with van der Waals surface area (Å²) in [5, 5.41) is 0. The van der Waals surface area contributed by atoms with E-state index in [1.54, 1.807) is 13.0 Å². The van der Waals surface area contributed by atoms with Crippen molar-refractivity contribution in [2.24, 2.45) is 5.92 Å². The van der Waals surface area contributed by atoms with Crippen molar-refractivity contribution in [3.63, 3.8) is 0 Å². The summed E-state index contributed by atoms with van der Waals surface area (Å²) < 4.78 is 31.0. The van der Waals surface area contributed by atoms with Crippen molar-refractivity contribution in [1.82, 2.24) is 0 Å². The molecule has 44 heavy (non-hydrogen) atoms. The van der Waals surface area contributed by atoms with Gasteiger partial charge in [0.25, 0.3) is 0 Å². The third kappa shape index (κ3) is 13.7. The second-order valence-electron chi connectivity index (χ2n) is 13.6. The van der Waals surface area contributed by atoms with Gasteiger partial charge in [0.15, 0.2) is 16.6 Å². The molecule has 0 radical (unpaired) electrons. The normalized spacial score (nSPS) is 14.8. The third-order valence-corrected chi connectivity index (χ3v) is 19.8. The first-order chi connectivity index (χ1) is 20.3. The van der Waals surface area contributed by atoms with Crippen LogP contribution in [-0.2, 0) is 31.4 Å². The molecule has 2 aromatic carbocycles. The Bertz CT molecular complexity index is 1240. The zero-order chi connectivity index (χ0) is 33.2. The summed E-state index contributed by atoms with van der Waals surface area (Å²) in [5.41, 5.74) is 2.62. The number of allylic oxidation sites excluding steroid dienone is 2. The van der Waals surface area contributed by atoms with E-state index in [1.165, 1.54) is 6.08 Å². The molecule has 0 amide bonds. The van der Waals surface area contributed by atoms with Gasteiger partial charge in [0.2, 0.25) is 0 Å². The Balaban J connectivity index is 2.31. The Labute approximate surface area is 269 Å². The number of hydrogen-bond acceptors (Lipinski definition) is 7. The van der Waals surface area contributed by atoms with E-state index in [-0.39, 0.29) is 24.7 Å².